The molecule has 3 N–H and O–H groups in total. The maximum absolute atomic E-state index is 14.3. The molecule has 0 aromatic heterocycles. The zero-order valence-electron chi connectivity index (χ0n) is 28.4. The highest BCUT2D eigenvalue weighted by atomic mass is 32.2. The lowest BCUT2D eigenvalue weighted by molar-refractivity contribution is -0.141. The lowest BCUT2D eigenvalue weighted by Crippen LogP contribution is -2.58. The van der Waals surface area contributed by atoms with Crippen molar-refractivity contribution in [1.29, 1.82) is 0 Å². The maximum Gasteiger partial charge on any atom is 0.408 e. The Bertz CT molecular complexity index is 1610. The summed E-state index contributed by atoms with van der Waals surface area (Å²) in [6.45, 7) is 0.000804. The molecule has 1 aromatic carbocycles. The molecule has 4 amide bonds. The molecule has 2 heterocycles. The second-order valence-corrected chi connectivity index (χ2v) is 16.0. The molecule has 0 radical (unpaired) electrons. The molecule has 0 spiro atoms. The van der Waals surface area contributed by atoms with Crippen molar-refractivity contribution < 1.29 is 41.9 Å². The van der Waals surface area contributed by atoms with Crippen LogP contribution in [0.3, 0.4) is 0 Å². The fourth-order valence-electron chi connectivity index (χ4n) is 7.07. The van der Waals surface area contributed by atoms with E-state index in [2.05, 4.69) is 20.5 Å². The van der Waals surface area contributed by atoms with E-state index in [0.29, 0.717) is 37.9 Å². The summed E-state index contributed by atoms with van der Waals surface area (Å²) in [6.07, 6.45) is 11.9. The molecule has 3 aliphatic carbocycles. The van der Waals surface area contributed by atoms with Crippen LogP contribution < -0.4 is 20.1 Å². The molecule has 5 atom stereocenters. The van der Waals surface area contributed by atoms with Gasteiger partial charge in [-0.2, -0.15) is 0 Å². The molecule has 5 aliphatic rings. The number of hydrogen-bond acceptors (Lipinski definition) is 10. The number of oxime groups is 1. The number of rotatable bonds is 9. The largest absolute Gasteiger partial charge is 0.497 e. The fourth-order valence-corrected chi connectivity index (χ4v) is 8.44. The average molecular weight is 714 g/mol. The summed E-state index contributed by atoms with van der Waals surface area (Å²) in [6, 6.07) is 5.18. The number of amides is 4. The number of alkyl carbamates (subject to hydrolysis) is 1. The van der Waals surface area contributed by atoms with Gasteiger partial charge in [0.2, 0.25) is 21.8 Å². The van der Waals surface area contributed by atoms with Crippen LogP contribution in [0, 0.1) is 5.92 Å². The first-order valence-corrected chi connectivity index (χ1v) is 19.3. The van der Waals surface area contributed by atoms with Crippen molar-refractivity contribution in [2.24, 2.45) is 11.1 Å². The fraction of sp³-hybridized carbons (Fsp3) is 0.629. The van der Waals surface area contributed by atoms with Gasteiger partial charge in [-0.1, -0.05) is 42.3 Å². The first kappa shape index (κ1) is 35.7. The SMILES string of the molecule is COc1cccc(/C=N/O[C@@H]2C[C@H]3C(=O)N[C@@]4(C(=O)NS(=O)(=O)C5CC5)C[C@H]4/C=C\CCCCC[C@H](NC(=O)OC4CCCC4)C(=O)N3C2)c1. The Morgan fingerprint density at radius 2 is 1.82 bits per heavy atom. The van der Waals surface area contributed by atoms with Gasteiger partial charge in [0.05, 0.1) is 25.1 Å². The van der Waals surface area contributed by atoms with Gasteiger partial charge >= 0.3 is 6.09 Å². The number of nitrogens with zero attached hydrogens (tertiary/aromatic N) is 2. The molecule has 4 fully saturated rings. The number of ether oxygens (including phenoxy) is 2. The van der Waals surface area contributed by atoms with Gasteiger partial charge in [-0.25, -0.2) is 13.2 Å². The van der Waals surface area contributed by atoms with Gasteiger partial charge in [-0.15, -0.1) is 0 Å². The molecular formula is C35H47N5O9S. The minimum absolute atomic E-state index is 0.000804. The van der Waals surface area contributed by atoms with E-state index in [4.69, 9.17) is 14.3 Å². The van der Waals surface area contributed by atoms with E-state index in [1.54, 1.807) is 19.2 Å². The first-order valence-electron chi connectivity index (χ1n) is 17.7. The van der Waals surface area contributed by atoms with E-state index in [9.17, 15) is 27.6 Å². The minimum Gasteiger partial charge on any atom is -0.497 e. The van der Waals surface area contributed by atoms with Crippen molar-refractivity contribution in [3.05, 3.63) is 42.0 Å². The third-order valence-corrected chi connectivity index (χ3v) is 12.0. The van der Waals surface area contributed by atoms with Gasteiger partial charge in [0.1, 0.15) is 35.6 Å². The van der Waals surface area contributed by atoms with Crippen molar-refractivity contribution in [3.8, 4) is 5.75 Å². The molecule has 15 heteroatoms. The maximum atomic E-state index is 14.3. The third kappa shape index (κ3) is 8.59. The summed E-state index contributed by atoms with van der Waals surface area (Å²) in [5, 5.41) is 9.14. The summed E-state index contributed by atoms with van der Waals surface area (Å²) in [4.78, 5) is 62.1. The Kier molecular flexibility index (Phi) is 11.0. The first-order chi connectivity index (χ1) is 24.1. The standard InChI is InChI=1S/C35H47N5O9S/c1-47-26-14-9-10-23(18-26)21-36-49-27-19-30-31(41)38-35(33(43)39-50(45,46)28-16-17-28)20-24(35)11-5-3-2-4-6-15-29(32(42)40(30)22-27)37-34(44)48-25-12-7-8-13-25/h5,9-11,14,18,21,24-25,27-30H,2-4,6-8,12-13,15-17,19-20,22H2,1H3,(H,37,44)(H,38,41)(H,39,43)/b11-5-,36-21+/t24-,27-,29+,30+,35+/m1/s1. The molecule has 14 nitrogen and oxygen atoms in total. The highest BCUT2D eigenvalue weighted by Crippen LogP contribution is 2.46. The molecule has 1 saturated heterocycles. The van der Waals surface area contributed by atoms with Gasteiger partial charge in [0.25, 0.3) is 5.91 Å². The molecule has 0 bridgehead atoms. The normalized spacial score (nSPS) is 29.9. The summed E-state index contributed by atoms with van der Waals surface area (Å²) in [5.74, 6) is -1.62. The Balaban J connectivity index is 1.23. The zero-order valence-corrected chi connectivity index (χ0v) is 29.2. The number of allylic oxidation sites excluding steroid dienone is 1. The molecule has 6 rings (SSSR count). The molecule has 0 unspecified atom stereocenters. The lowest BCUT2D eigenvalue weighted by atomic mass is 10.0. The van der Waals surface area contributed by atoms with Crippen molar-refractivity contribution in [1.82, 2.24) is 20.3 Å². The van der Waals surface area contributed by atoms with E-state index in [1.165, 1.54) is 11.1 Å². The molecule has 1 aromatic rings. The average Bonchev–Trinajstić information content (AvgIpc) is 3.96. The number of carbonyl (C=O) groups excluding carboxylic acids is 4. The van der Waals surface area contributed by atoms with E-state index in [1.807, 2.05) is 24.3 Å². The van der Waals surface area contributed by atoms with Crippen LogP contribution in [0.2, 0.25) is 0 Å². The van der Waals surface area contributed by atoms with E-state index < -0.39 is 68.7 Å². The Labute approximate surface area is 292 Å². The van der Waals surface area contributed by atoms with Crippen LogP contribution in [0.25, 0.3) is 0 Å². The van der Waals surface area contributed by atoms with E-state index in [0.717, 1.165) is 44.1 Å². The molecule has 50 heavy (non-hydrogen) atoms. The molecule has 3 saturated carbocycles. The van der Waals surface area contributed by atoms with Crippen molar-refractivity contribution >= 4 is 40.1 Å². The summed E-state index contributed by atoms with van der Waals surface area (Å²) < 4.78 is 38.6. The summed E-state index contributed by atoms with van der Waals surface area (Å²) >= 11 is 0. The monoisotopic (exact) mass is 713 g/mol. The Morgan fingerprint density at radius 3 is 2.58 bits per heavy atom. The van der Waals surface area contributed by atoms with E-state index >= 15 is 0 Å². The smallest absolute Gasteiger partial charge is 0.408 e. The summed E-state index contributed by atoms with van der Waals surface area (Å²) in [5.41, 5.74) is -0.755. The Hall–Kier alpha value is -4.14. The van der Waals surface area contributed by atoms with Crippen LogP contribution >= 0.6 is 0 Å². The quantitative estimate of drug-likeness (QED) is 0.197. The highest BCUT2D eigenvalue weighted by Gasteiger charge is 2.62. The van der Waals surface area contributed by atoms with Crippen LogP contribution in [-0.4, -0.2) is 92.1 Å². The van der Waals surface area contributed by atoms with Gasteiger partial charge in [-0.05, 0) is 81.9 Å². The molecule has 2 aliphatic heterocycles. The van der Waals surface area contributed by atoms with Gasteiger partial charge in [0.15, 0.2) is 0 Å². The van der Waals surface area contributed by atoms with Crippen molar-refractivity contribution in [2.45, 2.75) is 119 Å². The number of sulfonamides is 1. The second kappa shape index (κ2) is 15.4. The van der Waals surface area contributed by atoms with Crippen molar-refractivity contribution in [3.63, 3.8) is 0 Å². The second-order valence-electron chi connectivity index (χ2n) is 14.0. The van der Waals surface area contributed by atoms with Crippen LogP contribution in [0.5, 0.6) is 5.75 Å². The topological polar surface area (TPSA) is 182 Å². The minimum atomic E-state index is -3.87. The lowest BCUT2D eigenvalue weighted by Gasteiger charge is -2.30. The van der Waals surface area contributed by atoms with E-state index in [-0.39, 0.29) is 25.5 Å². The number of carbonyl (C=O) groups is 4. The third-order valence-electron chi connectivity index (χ3n) is 10.2. The van der Waals surface area contributed by atoms with Crippen molar-refractivity contribution in [2.75, 3.05) is 13.7 Å². The Morgan fingerprint density at radius 1 is 1.04 bits per heavy atom. The van der Waals surface area contributed by atoms with Gasteiger partial charge < -0.3 is 29.8 Å². The highest BCUT2D eigenvalue weighted by molar-refractivity contribution is 7.91. The number of nitrogens with one attached hydrogen (secondary N) is 3. The van der Waals surface area contributed by atoms with Gasteiger partial charge in [0, 0.05) is 12.3 Å². The predicted octanol–water partition coefficient (Wildman–Crippen LogP) is 3.06. The number of benzene rings is 1. The number of hydrogen-bond donors (Lipinski definition) is 3. The number of methoxy groups -OCH3 is 1. The zero-order chi connectivity index (χ0) is 35.3. The van der Waals surface area contributed by atoms with Gasteiger partial charge in [-0.3, -0.25) is 19.1 Å². The van der Waals surface area contributed by atoms with Crippen LogP contribution in [0.4, 0.5) is 4.79 Å². The predicted molar refractivity (Wildman–Crippen MR) is 183 cm³/mol. The van der Waals surface area contributed by atoms with Crippen LogP contribution in [-0.2, 0) is 34.0 Å². The summed E-state index contributed by atoms with van der Waals surface area (Å²) in [7, 11) is -2.31. The van der Waals surface area contributed by atoms with Crippen LogP contribution in [0.1, 0.15) is 89.0 Å². The molecular weight excluding hydrogens is 666 g/mol. The van der Waals surface area contributed by atoms with Crippen LogP contribution in [0.15, 0.2) is 41.6 Å². The molecule has 272 valence electrons. The number of fused-ring (bicyclic) bond motifs is 2.